The lowest BCUT2D eigenvalue weighted by Gasteiger charge is -2.15. The maximum absolute atomic E-state index is 11.2. The first-order valence-corrected chi connectivity index (χ1v) is 6.12. The van der Waals surface area contributed by atoms with E-state index in [1.807, 2.05) is 19.2 Å². The predicted molar refractivity (Wildman–Crippen MR) is 68.5 cm³/mol. The minimum atomic E-state index is -0.913. The van der Waals surface area contributed by atoms with Crippen LogP contribution in [0.5, 0.6) is 0 Å². The van der Waals surface area contributed by atoms with Crippen molar-refractivity contribution in [3.63, 3.8) is 0 Å². The molecule has 1 unspecified atom stereocenters. The molecular weight excluding hydrogens is 222 g/mol. The van der Waals surface area contributed by atoms with Crippen molar-refractivity contribution >= 4 is 23.4 Å². The monoisotopic (exact) mass is 237 g/mol. The van der Waals surface area contributed by atoms with Crippen molar-refractivity contribution in [2.45, 2.75) is 17.9 Å². The molecule has 1 aromatic rings. The standard InChI is InChI=1S/C12H15NO2S/c1-4-8(2)13-9-6-5-7-10(16-3)11(9)12(14)15/h4-8,13H,1H2,2-3H3,(H,14,15). The average molecular weight is 237 g/mol. The van der Waals surface area contributed by atoms with E-state index in [0.717, 1.165) is 4.90 Å². The molecule has 0 amide bonds. The Kier molecular flexibility index (Phi) is 4.43. The van der Waals surface area contributed by atoms with E-state index in [0.29, 0.717) is 11.3 Å². The summed E-state index contributed by atoms with van der Waals surface area (Å²) < 4.78 is 0. The third kappa shape index (κ3) is 2.79. The second kappa shape index (κ2) is 5.61. The van der Waals surface area contributed by atoms with E-state index < -0.39 is 5.97 Å². The quantitative estimate of drug-likeness (QED) is 0.610. The van der Waals surface area contributed by atoms with Crippen LogP contribution in [-0.4, -0.2) is 23.4 Å². The zero-order valence-corrected chi connectivity index (χ0v) is 10.2. The average Bonchev–Trinajstić information content (AvgIpc) is 2.28. The summed E-state index contributed by atoms with van der Waals surface area (Å²) in [5.41, 5.74) is 0.954. The molecule has 0 bridgehead atoms. The number of rotatable bonds is 5. The summed E-state index contributed by atoms with van der Waals surface area (Å²) in [5, 5.41) is 12.3. The van der Waals surface area contributed by atoms with E-state index in [1.165, 1.54) is 11.8 Å². The molecule has 4 heteroatoms. The van der Waals surface area contributed by atoms with Crippen LogP contribution in [0.2, 0.25) is 0 Å². The van der Waals surface area contributed by atoms with Gasteiger partial charge in [-0.15, -0.1) is 18.3 Å². The highest BCUT2D eigenvalue weighted by atomic mass is 32.2. The summed E-state index contributed by atoms with van der Waals surface area (Å²) in [6.45, 7) is 5.58. The number of thioether (sulfide) groups is 1. The first-order valence-electron chi connectivity index (χ1n) is 4.89. The van der Waals surface area contributed by atoms with Crippen molar-refractivity contribution in [2.75, 3.05) is 11.6 Å². The van der Waals surface area contributed by atoms with Crippen LogP contribution in [0.1, 0.15) is 17.3 Å². The van der Waals surface area contributed by atoms with E-state index in [9.17, 15) is 9.90 Å². The molecular formula is C12H15NO2S. The number of nitrogens with one attached hydrogen (secondary N) is 1. The molecule has 0 saturated heterocycles. The molecule has 1 aromatic carbocycles. The van der Waals surface area contributed by atoms with E-state index in [2.05, 4.69) is 11.9 Å². The van der Waals surface area contributed by atoms with Crippen LogP contribution in [0.15, 0.2) is 35.7 Å². The van der Waals surface area contributed by atoms with Crippen LogP contribution in [0, 0.1) is 0 Å². The smallest absolute Gasteiger partial charge is 0.338 e. The number of carboxylic acid groups (broad SMARTS) is 1. The van der Waals surface area contributed by atoms with Gasteiger partial charge in [0.1, 0.15) is 0 Å². The number of carboxylic acids is 1. The number of carbonyl (C=O) groups is 1. The summed E-state index contributed by atoms with van der Waals surface area (Å²) in [5.74, 6) is -0.913. The van der Waals surface area contributed by atoms with E-state index in [-0.39, 0.29) is 6.04 Å². The first kappa shape index (κ1) is 12.6. The lowest BCUT2D eigenvalue weighted by Crippen LogP contribution is -2.15. The first-order chi connectivity index (χ1) is 7.60. The predicted octanol–water partition coefficient (Wildman–Crippen LogP) is 3.09. The molecule has 3 nitrogen and oxygen atoms in total. The van der Waals surface area contributed by atoms with Gasteiger partial charge >= 0.3 is 5.97 Å². The summed E-state index contributed by atoms with van der Waals surface area (Å²) in [6.07, 6.45) is 3.60. The summed E-state index contributed by atoms with van der Waals surface area (Å²) in [6, 6.07) is 5.45. The highest BCUT2D eigenvalue weighted by Crippen LogP contribution is 2.27. The number of anilines is 1. The number of aromatic carboxylic acids is 1. The largest absolute Gasteiger partial charge is 0.478 e. The third-order valence-corrected chi connectivity index (χ3v) is 2.98. The Morgan fingerprint density at radius 2 is 2.31 bits per heavy atom. The van der Waals surface area contributed by atoms with Gasteiger partial charge in [-0.05, 0) is 25.3 Å². The lowest BCUT2D eigenvalue weighted by molar-refractivity contribution is 0.0694. The molecule has 1 atom stereocenters. The molecule has 1 rings (SSSR count). The van der Waals surface area contributed by atoms with Crippen LogP contribution < -0.4 is 5.32 Å². The Labute approximate surface area is 99.6 Å². The fourth-order valence-electron chi connectivity index (χ4n) is 1.35. The van der Waals surface area contributed by atoms with Gasteiger partial charge in [-0.2, -0.15) is 0 Å². The van der Waals surface area contributed by atoms with Crippen molar-refractivity contribution < 1.29 is 9.90 Å². The van der Waals surface area contributed by atoms with Crippen molar-refractivity contribution in [1.82, 2.24) is 0 Å². The minimum Gasteiger partial charge on any atom is -0.478 e. The van der Waals surface area contributed by atoms with Gasteiger partial charge < -0.3 is 10.4 Å². The number of hydrogen-bond acceptors (Lipinski definition) is 3. The Morgan fingerprint density at radius 1 is 1.62 bits per heavy atom. The van der Waals surface area contributed by atoms with Crippen LogP contribution in [0.4, 0.5) is 5.69 Å². The normalized spacial score (nSPS) is 11.9. The van der Waals surface area contributed by atoms with Gasteiger partial charge in [0.15, 0.2) is 0 Å². The Balaban J connectivity index is 3.16. The Morgan fingerprint density at radius 3 is 2.81 bits per heavy atom. The van der Waals surface area contributed by atoms with Gasteiger partial charge in [0.05, 0.1) is 11.3 Å². The maximum atomic E-state index is 11.2. The Hall–Kier alpha value is -1.42. The highest BCUT2D eigenvalue weighted by Gasteiger charge is 2.15. The van der Waals surface area contributed by atoms with E-state index >= 15 is 0 Å². The fourth-order valence-corrected chi connectivity index (χ4v) is 1.96. The second-order valence-corrected chi connectivity index (χ2v) is 4.20. The molecule has 0 radical (unpaired) electrons. The molecule has 0 spiro atoms. The number of benzene rings is 1. The molecule has 0 aliphatic carbocycles. The Bertz CT molecular complexity index is 404. The van der Waals surface area contributed by atoms with Crippen LogP contribution in [0.25, 0.3) is 0 Å². The lowest BCUT2D eigenvalue weighted by atomic mass is 10.1. The van der Waals surface area contributed by atoms with Crippen molar-refractivity contribution in [1.29, 1.82) is 0 Å². The topological polar surface area (TPSA) is 49.3 Å². The summed E-state index contributed by atoms with van der Waals surface area (Å²) in [4.78, 5) is 12.0. The molecule has 16 heavy (non-hydrogen) atoms. The fraction of sp³-hybridized carbons (Fsp3) is 0.250. The van der Waals surface area contributed by atoms with Gasteiger partial charge in [-0.25, -0.2) is 4.79 Å². The molecule has 0 heterocycles. The van der Waals surface area contributed by atoms with Crippen LogP contribution in [-0.2, 0) is 0 Å². The summed E-state index contributed by atoms with van der Waals surface area (Å²) in [7, 11) is 0. The molecule has 0 aromatic heterocycles. The molecule has 86 valence electrons. The van der Waals surface area contributed by atoms with Gasteiger partial charge in [0.2, 0.25) is 0 Å². The highest BCUT2D eigenvalue weighted by molar-refractivity contribution is 7.98. The number of hydrogen-bond donors (Lipinski definition) is 2. The zero-order valence-electron chi connectivity index (χ0n) is 9.36. The molecule has 2 N–H and O–H groups in total. The molecule has 0 aliphatic heterocycles. The van der Waals surface area contributed by atoms with Crippen molar-refractivity contribution in [2.24, 2.45) is 0 Å². The van der Waals surface area contributed by atoms with Crippen molar-refractivity contribution in [3.8, 4) is 0 Å². The third-order valence-electron chi connectivity index (χ3n) is 2.20. The summed E-state index contributed by atoms with van der Waals surface area (Å²) >= 11 is 1.43. The van der Waals surface area contributed by atoms with Gasteiger partial charge in [-0.1, -0.05) is 12.1 Å². The van der Waals surface area contributed by atoms with Gasteiger partial charge in [0.25, 0.3) is 0 Å². The SMILES string of the molecule is C=CC(C)Nc1cccc(SC)c1C(=O)O. The van der Waals surface area contributed by atoms with Gasteiger partial charge in [-0.3, -0.25) is 0 Å². The van der Waals surface area contributed by atoms with E-state index in [1.54, 1.807) is 18.2 Å². The van der Waals surface area contributed by atoms with Gasteiger partial charge in [0, 0.05) is 10.9 Å². The minimum absolute atomic E-state index is 0.0372. The van der Waals surface area contributed by atoms with Crippen LogP contribution >= 0.6 is 11.8 Å². The van der Waals surface area contributed by atoms with Crippen molar-refractivity contribution in [3.05, 3.63) is 36.4 Å². The second-order valence-electron chi connectivity index (χ2n) is 3.36. The molecule has 0 fully saturated rings. The maximum Gasteiger partial charge on any atom is 0.338 e. The van der Waals surface area contributed by atoms with E-state index in [4.69, 9.17) is 0 Å². The molecule has 0 aliphatic rings. The molecule has 0 saturated carbocycles. The van der Waals surface area contributed by atoms with Crippen LogP contribution in [0.3, 0.4) is 0 Å². The zero-order chi connectivity index (χ0) is 12.1.